The van der Waals surface area contributed by atoms with Gasteiger partial charge in [-0.3, -0.25) is 0 Å². The first-order valence-electron chi connectivity index (χ1n) is 19.1. The zero-order chi connectivity index (χ0) is 37.7. The average molecular weight is 732 g/mol. The summed E-state index contributed by atoms with van der Waals surface area (Å²) in [6.07, 6.45) is 0. The molecule has 57 heavy (non-hydrogen) atoms. The molecule has 0 N–H and O–H groups in total. The van der Waals surface area contributed by atoms with Gasteiger partial charge < -0.3 is 9.15 Å². The molecule has 0 spiro atoms. The Morgan fingerprint density at radius 1 is 0.368 bits per heavy atom. The van der Waals surface area contributed by atoms with E-state index >= 15 is 0 Å². The van der Waals surface area contributed by atoms with Crippen LogP contribution in [-0.4, -0.2) is 15.0 Å². The fraction of sp³-hybridized carbons (Fsp3) is 0.0192. The van der Waals surface area contributed by atoms with Crippen LogP contribution in [0, 0.1) is 0 Å². The van der Waals surface area contributed by atoms with E-state index in [1.54, 1.807) is 0 Å². The lowest BCUT2D eigenvalue weighted by Gasteiger charge is -2.23. The first-order valence-corrected chi connectivity index (χ1v) is 19.1. The number of ether oxygens (including phenoxy) is 1. The van der Waals surface area contributed by atoms with Gasteiger partial charge in [-0.1, -0.05) is 164 Å². The Bertz CT molecular complexity index is 3130. The summed E-state index contributed by atoms with van der Waals surface area (Å²) in [5, 5.41) is 2.19. The van der Waals surface area contributed by atoms with E-state index in [9.17, 15) is 0 Å². The minimum atomic E-state index is 0.572. The van der Waals surface area contributed by atoms with Gasteiger partial charge in [0, 0.05) is 38.6 Å². The third-order valence-corrected chi connectivity index (χ3v) is 10.8. The van der Waals surface area contributed by atoms with E-state index in [1.807, 2.05) is 24.3 Å². The van der Waals surface area contributed by atoms with Crippen LogP contribution >= 0.6 is 0 Å². The van der Waals surface area contributed by atoms with Crippen molar-refractivity contribution in [2.45, 2.75) is 6.61 Å². The predicted molar refractivity (Wildman–Crippen MR) is 229 cm³/mol. The van der Waals surface area contributed by atoms with Crippen LogP contribution in [0.4, 0.5) is 0 Å². The zero-order valence-corrected chi connectivity index (χ0v) is 30.8. The van der Waals surface area contributed by atoms with Gasteiger partial charge in [-0.2, -0.15) is 0 Å². The molecule has 0 saturated carbocycles. The summed E-state index contributed by atoms with van der Waals surface area (Å²) in [6.45, 7) is 0.572. The maximum Gasteiger partial charge on any atom is 0.164 e. The van der Waals surface area contributed by atoms with Crippen molar-refractivity contribution in [3.05, 3.63) is 194 Å². The molecule has 11 rings (SSSR count). The smallest absolute Gasteiger partial charge is 0.164 e. The number of hydrogen-bond donors (Lipinski definition) is 0. The van der Waals surface area contributed by atoms with Crippen LogP contribution in [0.15, 0.2) is 192 Å². The third kappa shape index (κ3) is 5.85. The minimum Gasteiger partial charge on any atom is -0.488 e. The molecule has 0 atom stereocenters. The number of aromatic nitrogens is 3. The Kier molecular flexibility index (Phi) is 7.81. The lowest BCUT2D eigenvalue weighted by molar-refractivity contribution is 0.302. The Hall–Kier alpha value is -7.63. The van der Waals surface area contributed by atoms with E-state index in [-0.39, 0.29) is 0 Å². The monoisotopic (exact) mass is 731 g/mol. The van der Waals surface area contributed by atoms with Gasteiger partial charge in [-0.05, 0) is 63.2 Å². The number of nitrogens with zero attached hydrogens (tertiary/aromatic N) is 3. The van der Waals surface area contributed by atoms with Crippen LogP contribution in [0.25, 0.3) is 101 Å². The lowest BCUT2D eigenvalue weighted by atomic mass is 9.89. The maximum absolute atomic E-state index is 6.43. The number of rotatable bonds is 6. The van der Waals surface area contributed by atoms with Crippen molar-refractivity contribution < 1.29 is 9.15 Å². The maximum atomic E-state index is 6.43. The molecule has 0 amide bonds. The SMILES string of the molecule is c1ccc(-c2cccc(-c3nc(-c4ccc(-c5cccc6c5-c5ccccc5CO6)cc4)nc(-c4cccc(-c5cccc6c5oc5ccccc56)c4)n3)c2)cc1. The van der Waals surface area contributed by atoms with Gasteiger partial charge in [0.15, 0.2) is 17.5 Å². The summed E-state index contributed by atoms with van der Waals surface area (Å²) in [6, 6.07) is 64.9. The lowest BCUT2D eigenvalue weighted by Crippen LogP contribution is -2.06. The van der Waals surface area contributed by atoms with E-state index < -0.39 is 0 Å². The third-order valence-electron chi connectivity index (χ3n) is 10.8. The molecule has 1 aliphatic heterocycles. The molecular formula is C52H33N3O2. The van der Waals surface area contributed by atoms with Crippen molar-refractivity contribution in [3.8, 4) is 84.4 Å². The van der Waals surface area contributed by atoms with E-state index in [0.29, 0.717) is 24.1 Å². The van der Waals surface area contributed by atoms with Crippen molar-refractivity contribution in [2.24, 2.45) is 0 Å². The first-order chi connectivity index (χ1) is 28.2. The molecule has 0 saturated heterocycles. The largest absolute Gasteiger partial charge is 0.488 e. The van der Waals surface area contributed by atoms with Gasteiger partial charge >= 0.3 is 0 Å². The fourth-order valence-electron chi connectivity index (χ4n) is 8.05. The van der Waals surface area contributed by atoms with E-state index in [0.717, 1.165) is 83.3 Å². The van der Waals surface area contributed by atoms with E-state index in [1.165, 1.54) is 11.1 Å². The van der Waals surface area contributed by atoms with Crippen LogP contribution in [0.2, 0.25) is 0 Å². The van der Waals surface area contributed by atoms with Crippen LogP contribution < -0.4 is 4.74 Å². The molecular weight excluding hydrogens is 699 g/mol. The normalized spacial score (nSPS) is 11.9. The second-order valence-corrected chi connectivity index (χ2v) is 14.3. The van der Waals surface area contributed by atoms with Crippen molar-refractivity contribution in [1.29, 1.82) is 0 Å². The Labute approximate surface area is 329 Å². The zero-order valence-electron chi connectivity index (χ0n) is 30.8. The molecule has 268 valence electrons. The second kappa shape index (κ2) is 13.6. The summed E-state index contributed by atoms with van der Waals surface area (Å²) < 4.78 is 12.6. The van der Waals surface area contributed by atoms with E-state index in [2.05, 4.69) is 164 Å². The van der Waals surface area contributed by atoms with Crippen LogP contribution in [0.3, 0.4) is 0 Å². The molecule has 0 bridgehead atoms. The molecule has 8 aromatic carbocycles. The Morgan fingerprint density at radius 2 is 0.930 bits per heavy atom. The summed E-state index contributed by atoms with van der Waals surface area (Å²) in [4.78, 5) is 15.4. The highest BCUT2D eigenvalue weighted by molar-refractivity contribution is 6.09. The van der Waals surface area contributed by atoms with Crippen LogP contribution in [-0.2, 0) is 6.61 Å². The van der Waals surface area contributed by atoms with Crippen LogP contribution in [0.1, 0.15) is 5.56 Å². The highest BCUT2D eigenvalue weighted by Crippen LogP contribution is 2.44. The quantitative estimate of drug-likeness (QED) is 0.170. The number of furan rings is 1. The number of fused-ring (bicyclic) bond motifs is 6. The summed E-state index contributed by atoms with van der Waals surface area (Å²) in [5.74, 6) is 2.69. The Balaban J connectivity index is 1.03. The molecule has 2 aromatic heterocycles. The van der Waals surface area contributed by atoms with Gasteiger partial charge in [-0.15, -0.1) is 0 Å². The van der Waals surface area contributed by atoms with Crippen molar-refractivity contribution in [2.75, 3.05) is 0 Å². The summed E-state index contributed by atoms with van der Waals surface area (Å²) in [7, 11) is 0. The molecule has 0 aliphatic carbocycles. The van der Waals surface area contributed by atoms with Gasteiger partial charge in [0.2, 0.25) is 0 Å². The first kappa shape index (κ1) is 32.8. The summed E-state index contributed by atoms with van der Waals surface area (Å²) in [5.41, 5.74) is 14.4. The van der Waals surface area contributed by atoms with Gasteiger partial charge in [0.1, 0.15) is 23.5 Å². The molecule has 10 aromatic rings. The highest BCUT2D eigenvalue weighted by atomic mass is 16.5. The van der Waals surface area contributed by atoms with E-state index in [4.69, 9.17) is 24.1 Å². The van der Waals surface area contributed by atoms with Gasteiger partial charge in [0.05, 0.1) is 0 Å². The number of para-hydroxylation sites is 2. The Morgan fingerprint density at radius 3 is 1.75 bits per heavy atom. The van der Waals surface area contributed by atoms with Crippen molar-refractivity contribution in [3.63, 3.8) is 0 Å². The molecule has 5 heteroatoms. The number of hydrogen-bond acceptors (Lipinski definition) is 5. The topological polar surface area (TPSA) is 61.0 Å². The fourth-order valence-corrected chi connectivity index (χ4v) is 8.05. The van der Waals surface area contributed by atoms with Crippen LogP contribution in [0.5, 0.6) is 5.75 Å². The van der Waals surface area contributed by atoms with Crippen molar-refractivity contribution >= 4 is 21.9 Å². The highest BCUT2D eigenvalue weighted by Gasteiger charge is 2.21. The van der Waals surface area contributed by atoms with Crippen molar-refractivity contribution in [1.82, 2.24) is 15.0 Å². The minimum absolute atomic E-state index is 0.572. The molecule has 0 radical (unpaired) electrons. The molecule has 1 aliphatic rings. The second-order valence-electron chi connectivity index (χ2n) is 14.3. The van der Waals surface area contributed by atoms with Gasteiger partial charge in [0.25, 0.3) is 0 Å². The molecule has 5 nitrogen and oxygen atoms in total. The number of benzene rings is 8. The standard InChI is InChI=1S/C52H33N3O2/c1-2-12-33(13-3-1)36-15-8-17-38(30-36)51-53-50(35-28-26-34(27-29-35)41-21-11-25-47-48(41)42-19-5-4-14-40(42)32-56-47)54-52(55-51)39-18-9-16-37(31-39)43-22-10-23-45-44-20-6-7-24-46(44)57-49(43)45/h1-31H,32H2. The molecule has 0 fully saturated rings. The van der Waals surface area contributed by atoms with Gasteiger partial charge in [-0.25, -0.2) is 15.0 Å². The molecule has 3 heterocycles. The average Bonchev–Trinajstić information content (AvgIpc) is 3.68. The predicted octanol–water partition coefficient (Wildman–Crippen LogP) is 13.3. The summed E-state index contributed by atoms with van der Waals surface area (Å²) >= 11 is 0. The molecule has 0 unspecified atom stereocenters.